The number of fused-ring (bicyclic) bond motifs is 1. The molecule has 1 saturated heterocycles. The summed E-state index contributed by atoms with van der Waals surface area (Å²) in [6.07, 6.45) is 4.49. The van der Waals surface area contributed by atoms with Crippen LogP contribution >= 0.6 is 0 Å². The average molecular weight is 502 g/mol. The topological polar surface area (TPSA) is 70.8 Å². The Morgan fingerprint density at radius 2 is 1.84 bits per heavy atom. The van der Waals surface area contributed by atoms with Crippen LogP contribution in [0.4, 0.5) is 4.39 Å². The van der Waals surface area contributed by atoms with Crippen molar-refractivity contribution in [2.75, 3.05) is 19.6 Å². The molecule has 6 rings (SSSR count). The molecule has 0 N–H and O–H groups in total. The highest BCUT2D eigenvalue weighted by molar-refractivity contribution is 6.15. The van der Waals surface area contributed by atoms with E-state index in [2.05, 4.69) is 9.98 Å². The summed E-state index contributed by atoms with van der Waals surface area (Å²) in [5, 5.41) is 0. The van der Waals surface area contributed by atoms with Crippen LogP contribution in [0.2, 0.25) is 0 Å². The molecule has 2 fully saturated rings. The van der Waals surface area contributed by atoms with Crippen molar-refractivity contribution in [2.24, 2.45) is 23.4 Å². The molecule has 37 heavy (non-hydrogen) atoms. The molecule has 1 atom stereocenters. The number of aliphatic imine (C=N–C) groups is 1. The van der Waals surface area contributed by atoms with E-state index in [4.69, 9.17) is 0 Å². The van der Waals surface area contributed by atoms with Gasteiger partial charge in [0.2, 0.25) is 5.91 Å². The largest absolute Gasteiger partial charge is 0.342 e. The third-order valence-corrected chi connectivity index (χ3v) is 8.21. The van der Waals surface area contributed by atoms with Crippen LogP contribution in [0.5, 0.6) is 0 Å². The molecule has 192 valence electrons. The number of hydrogen-bond acceptors (Lipinski definition) is 4. The van der Waals surface area contributed by atoms with Gasteiger partial charge in [0.25, 0.3) is 5.91 Å². The fourth-order valence-electron chi connectivity index (χ4n) is 5.57. The summed E-state index contributed by atoms with van der Waals surface area (Å²) in [6, 6.07) is 11.0. The highest BCUT2D eigenvalue weighted by Gasteiger charge is 2.49. The highest BCUT2D eigenvalue weighted by atomic mass is 19.1. The second-order valence-electron chi connectivity index (χ2n) is 11.6. The van der Waals surface area contributed by atoms with Crippen LogP contribution < -0.4 is 0 Å². The third-order valence-electron chi connectivity index (χ3n) is 8.21. The van der Waals surface area contributed by atoms with Gasteiger partial charge in [-0.25, -0.2) is 9.37 Å². The van der Waals surface area contributed by atoms with Crippen molar-refractivity contribution < 1.29 is 14.0 Å². The van der Waals surface area contributed by atoms with Crippen molar-refractivity contribution in [3.63, 3.8) is 0 Å². The number of halogens is 1. The van der Waals surface area contributed by atoms with E-state index in [0.717, 1.165) is 41.4 Å². The van der Waals surface area contributed by atoms with Gasteiger partial charge >= 0.3 is 0 Å². The van der Waals surface area contributed by atoms with E-state index in [0.29, 0.717) is 31.0 Å². The summed E-state index contributed by atoms with van der Waals surface area (Å²) in [7, 11) is 1.94. The Morgan fingerprint density at radius 1 is 1.11 bits per heavy atom. The van der Waals surface area contributed by atoms with Crippen LogP contribution in [0.15, 0.2) is 47.7 Å². The smallest absolute Gasteiger partial charge is 0.255 e. The number of aryl methyl sites for hydroxylation is 1. The van der Waals surface area contributed by atoms with E-state index in [1.54, 1.807) is 31.1 Å². The first-order chi connectivity index (χ1) is 17.6. The van der Waals surface area contributed by atoms with E-state index in [9.17, 15) is 9.59 Å². The van der Waals surface area contributed by atoms with E-state index in [1.807, 2.05) is 47.7 Å². The second kappa shape index (κ2) is 8.23. The SMILES string of the molecule is Cn1cnc2cc(-c3ccc(C4=NC(C)(C)C(=O)N4C[C@@H]4CCN(C(=O)C5(C)CC5)C4)c(F)c3)ccc21. The van der Waals surface area contributed by atoms with E-state index >= 15 is 4.39 Å². The fraction of sp³-hybridized carbons (Fsp3) is 0.448. The summed E-state index contributed by atoms with van der Waals surface area (Å²) >= 11 is 0. The number of amides is 2. The number of amidine groups is 1. The molecule has 1 saturated carbocycles. The Balaban J connectivity index is 1.25. The van der Waals surface area contributed by atoms with Gasteiger partial charge in [0, 0.05) is 32.1 Å². The van der Waals surface area contributed by atoms with Crippen molar-refractivity contribution in [1.29, 1.82) is 0 Å². The summed E-state index contributed by atoms with van der Waals surface area (Å²) in [6.45, 7) is 7.33. The lowest BCUT2D eigenvalue weighted by atomic mass is 10.0. The van der Waals surface area contributed by atoms with Gasteiger partial charge < -0.3 is 9.47 Å². The molecule has 0 radical (unpaired) electrons. The molecule has 2 amide bonds. The number of rotatable bonds is 5. The van der Waals surface area contributed by atoms with Gasteiger partial charge in [-0.05, 0) is 74.4 Å². The van der Waals surface area contributed by atoms with Crippen molar-refractivity contribution in [1.82, 2.24) is 19.4 Å². The number of carbonyl (C=O) groups is 2. The molecule has 3 aromatic rings. The summed E-state index contributed by atoms with van der Waals surface area (Å²) < 4.78 is 17.5. The number of carbonyl (C=O) groups excluding carboxylic acids is 2. The summed E-state index contributed by atoms with van der Waals surface area (Å²) in [4.78, 5) is 38.8. The lowest BCUT2D eigenvalue weighted by molar-refractivity contribution is -0.135. The fourth-order valence-corrected chi connectivity index (χ4v) is 5.57. The van der Waals surface area contributed by atoms with Crippen molar-refractivity contribution in [2.45, 2.75) is 45.6 Å². The maximum atomic E-state index is 15.6. The molecule has 3 aliphatic rings. The molecule has 3 heterocycles. The van der Waals surface area contributed by atoms with Gasteiger partial charge in [-0.15, -0.1) is 0 Å². The zero-order valence-corrected chi connectivity index (χ0v) is 21.8. The minimum Gasteiger partial charge on any atom is -0.342 e. The minimum atomic E-state index is -0.958. The second-order valence-corrected chi connectivity index (χ2v) is 11.6. The molecule has 2 aliphatic heterocycles. The van der Waals surface area contributed by atoms with E-state index in [1.165, 1.54) is 6.07 Å². The number of imidazole rings is 1. The normalized spacial score (nSPS) is 22.1. The third kappa shape index (κ3) is 4.03. The molecule has 0 bridgehead atoms. The average Bonchev–Trinajstić information content (AvgIpc) is 3.19. The monoisotopic (exact) mass is 501 g/mol. The Bertz CT molecular complexity index is 1470. The maximum Gasteiger partial charge on any atom is 0.255 e. The van der Waals surface area contributed by atoms with Crippen LogP contribution in [0.3, 0.4) is 0 Å². The molecular formula is C29H32FN5O2. The number of likely N-dealkylation sites (tertiary alicyclic amines) is 1. The molecule has 1 aromatic heterocycles. The number of benzene rings is 2. The van der Waals surface area contributed by atoms with Crippen LogP contribution in [0.25, 0.3) is 22.2 Å². The predicted molar refractivity (Wildman–Crippen MR) is 140 cm³/mol. The first kappa shape index (κ1) is 23.8. The van der Waals surface area contributed by atoms with Gasteiger partial charge in [-0.2, -0.15) is 0 Å². The Morgan fingerprint density at radius 3 is 2.57 bits per heavy atom. The predicted octanol–water partition coefficient (Wildman–Crippen LogP) is 4.40. The lowest BCUT2D eigenvalue weighted by Gasteiger charge is -2.25. The summed E-state index contributed by atoms with van der Waals surface area (Å²) in [5.41, 5.74) is 2.64. The number of nitrogens with zero attached hydrogens (tertiary/aromatic N) is 5. The molecule has 1 aliphatic carbocycles. The van der Waals surface area contributed by atoms with Crippen LogP contribution in [0.1, 0.15) is 45.6 Å². The Hall–Kier alpha value is -3.55. The molecule has 0 spiro atoms. The zero-order chi connectivity index (χ0) is 26.1. The van der Waals surface area contributed by atoms with Crippen molar-refractivity contribution in [3.05, 3.63) is 54.1 Å². The zero-order valence-electron chi connectivity index (χ0n) is 21.8. The molecule has 7 nitrogen and oxygen atoms in total. The van der Waals surface area contributed by atoms with Crippen LogP contribution in [-0.4, -0.2) is 62.2 Å². The Kier molecular flexibility index (Phi) is 5.30. The lowest BCUT2D eigenvalue weighted by Crippen LogP contribution is -2.43. The molecular weight excluding hydrogens is 469 g/mol. The number of aromatic nitrogens is 2. The minimum absolute atomic E-state index is 0.134. The van der Waals surface area contributed by atoms with Crippen molar-refractivity contribution in [3.8, 4) is 11.1 Å². The van der Waals surface area contributed by atoms with Gasteiger partial charge in [-0.1, -0.05) is 19.1 Å². The van der Waals surface area contributed by atoms with Crippen LogP contribution in [0, 0.1) is 17.2 Å². The summed E-state index contributed by atoms with van der Waals surface area (Å²) in [5.74, 6) is 0.186. The number of hydrogen-bond donors (Lipinski definition) is 0. The quantitative estimate of drug-likeness (QED) is 0.521. The van der Waals surface area contributed by atoms with Crippen LogP contribution in [-0.2, 0) is 16.6 Å². The maximum absolute atomic E-state index is 15.6. The first-order valence-electron chi connectivity index (χ1n) is 13.0. The Labute approximate surface area is 216 Å². The van der Waals surface area contributed by atoms with Gasteiger partial charge in [0.05, 0.1) is 22.9 Å². The van der Waals surface area contributed by atoms with E-state index < -0.39 is 11.4 Å². The molecule has 2 aromatic carbocycles. The first-order valence-corrected chi connectivity index (χ1v) is 13.0. The van der Waals surface area contributed by atoms with E-state index in [-0.39, 0.29) is 23.1 Å². The van der Waals surface area contributed by atoms with Gasteiger partial charge in [-0.3, -0.25) is 19.5 Å². The molecule has 8 heteroatoms. The van der Waals surface area contributed by atoms with Gasteiger partial charge in [0.1, 0.15) is 17.2 Å². The van der Waals surface area contributed by atoms with Gasteiger partial charge in [0.15, 0.2) is 0 Å². The highest BCUT2D eigenvalue weighted by Crippen LogP contribution is 2.47. The van der Waals surface area contributed by atoms with Crippen molar-refractivity contribution >= 4 is 28.7 Å². The standard InChI is InChI=1S/C29H32FN5O2/c1-28(2)26(36)35(16-18-9-12-34(15-18)27(37)29(3)10-11-29)25(32-28)21-7-5-19(13-22(21)30)20-6-8-24-23(14-20)31-17-33(24)4/h5-8,13-14,17-18H,9-12,15-16H2,1-4H3/t18-/m1/s1. The molecule has 0 unspecified atom stereocenters.